The van der Waals surface area contributed by atoms with Crippen molar-refractivity contribution >= 4 is 40.2 Å². The lowest BCUT2D eigenvalue weighted by Gasteiger charge is -2.21. The Morgan fingerprint density at radius 1 is 1.31 bits per heavy atom. The van der Waals surface area contributed by atoms with Crippen LogP contribution in [0.1, 0.15) is 58.3 Å². The Balaban J connectivity index is 1.83. The molecule has 2 fully saturated rings. The van der Waals surface area contributed by atoms with Gasteiger partial charge in [0, 0.05) is 28.6 Å². The highest BCUT2D eigenvalue weighted by atomic mass is 127. The molecule has 3 unspecified atom stereocenters. The highest BCUT2D eigenvalue weighted by molar-refractivity contribution is 14.1. The standard InChI is InChI=1S/C22H36ClIO5/c1-14(6-3-4-11-23)18(25)10-9-15-16-12-21(29-20(16)13-19(15)26)17(24)7-5-8-22(27)28-2/h9-10,14-21,25-26H,3-8,11-13H2,1-2H3/b10-9+/t14?,15-,16-,17?,18-,19-,20-,21?/m1/s1. The summed E-state index contributed by atoms with van der Waals surface area (Å²) >= 11 is 8.15. The predicted molar refractivity (Wildman–Crippen MR) is 123 cm³/mol. The van der Waals surface area contributed by atoms with E-state index in [4.69, 9.17) is 21.1 Å². The van der Waals surface area contributed by atoms with Crippen molar-refractivity contribution in [2.24, 2.45) is 17.8 Å². The summed E-state index contributed by atoms with van der Waals surface area (Å²) < 4.78 is 11.3. The molecule has 0 bridgehead atoms. The minimum atomic E-state index is -0.495. The molecule has 168 valence electrons. The second kappa shape index (κ2) is 12.8. The van der Waals surface area contributed by atoms with Gasteiger partial charge < -0.3 is 19.7 Å². The average molecular weight is 543 g/mol. The van der Waals surface area contributed by atoms with Gasteiger partial charge in [-0.25, -0.2) is 0 Å². The smallest absolute Gasteiger partial charge is 0.305 e. The number of aliphatic hydroxyl groups excluding tert-OH is 2. The summed E-state index contributed by atoms with van der Waals surface area (Å²) in [5.41, 5.74) is 0. The van der Waals surface area contributed by atoms with Crippen molar-refractivity contribution in [2.75, 3.05) is 13.0 Å². The van der Waals surface area contributed by atoms with Crippen molar-refractivity contribution in [1.82, 2.24) is 0 Å². The van der Waals surface area contributed by atoms with Crippen LogP contribution in [0.5, 0.6) is 0 Å². The Morgan fingerprint density at radius 2 is 2.07 bits per heavy atom. The van der Waals surface area contributed by atoms with Gasteiger partial charge in [-0.1, -0.05) is 48.1 Å². The number of alkyl halides is 2. The molecule has 2 aliphatic rings. The number of hydrogen-bond donors (Lipinski definition) is 2. The number of carbonyl (C=O) groups excluding carboxylic acids is 1. The minimum absolute atomic E-state index is 0.0355. The van der Waals surface area contributed by atoms with Crippen molar-refractivity contribution in [3.63, 3.8) is 0 Å². The Hall–Kier alpha value is 0.110. The van der Waals surface area contributed by atoms with E-state index in [0.717, 1.165) is 38.5 Å². The second-order valence-corrected chi connectivity index (χ2v) is 10.5. The minimum Gasteiger partial charge on any atom is -0.469 e. The topological polar surface area (TPSA) is 76.0 Å². The zero-order valence-corrected chi connectivity index (χ0v) is 20.4. The van der Waals surface area contributed by atoms with E-state index in [1.165, 1.54) is 7.11 Å². The fraction of sp³-hybridized carbons (Fsp3) is 0.864. The summed E-state index contributed by atoms with van der Waals surface area (Å²) in [5.74, 6) is 1.01. The quantitative estimate of drug-likeness (QED) is 0.127. The number of esters is 1. The molecule has 2 N–H and O–H groups in total. The highest BCUT2D eigenvalue weighted by Crippen LogP contribution is 2.46. The highest BCUT2D eigenvalue weighted by Gasteiger charge is 2.49. The van der Waals surface area contributed by atoms with Gasteiger partial charge in [-0.2, -0.15) is 0 Å². The van der Waals surface area contributed by atoms with Gasteiger partial charge in [-0.3, -0.25) is 4.79 Å². The molecule has 1 saturated carbocycles. The van der Waals surface area contributed by atoms with E-state index < -0.39 is 12.2 Å². The van der Waals surface area contributed by atoms with Crippen molar-refractivity contribution in [3.05, 3.63) is 12.2 Å². The molecule has 7 heteroatoms. The monoisotopic (exact) mass is 542 g/mol. The van der Waals surface area contributed by atoms with Crippen LogP contribution in [0.15, 0.2) is 12.2 Å². The first kappa shape index (κ1) is 25.4. The Kier molecular flexibility index (Phi) is 11.2. The lowest BCUT2D eigenvalue weighted by Crippen LogP contribution is -2.24. The maximum Gasteiger partial charge on any atom is 0.305 e. The maximum absolute atomic E-state index is 11.3. The van der Waals surface area contributed by atoms with Crippen molar-refractivity contribution in [1.29, 1.82) is 0 Å². The molecule has 0 aromatic carbocycles. The molecule has 29 heavy (non-hydrogen) atoms. The number of ether oxygens (including phenoxy) is 2. The maximum atomic E-state index is 11.3. The first-order valence-electron chi connectivity index (χ1n) is 10.8. The van der Waals surface area contributed by atoms with E-state index in [1.807, 2.05) is 12.2 Å². The van der Waals surface area contributed by atoms with Crippen LogP contribution in [-0.4, -0.2) is 57.5 Å². The van der Waals surface area contributed by atoms with E-state index >= 15 is 0 Å². The third kappa shape index (κ3) is 7.63. The van der Waals surface area contributed by atoms with Gasteiger partial charge in [0.1, 0.15) is 0 Å². The molecule has 5 nitrogen and oxygen atoms in total. The first-order valence-corrected chi connectivity index (χ1v) is 12.6. The molecule has 0 amide bonds. The number of hydrogen-bond acceptors (Lipinski definition) is 5. The Labute approximate surface area is 193 Å². The van der Waals surface area contributed by atoms with E-state index in [-0.39, 0.29) is 30.0 Å². The van der Waals surface area contributed by atoms with Gasteiger partial charge >= 0.3 is 5.97 Å². The fourth-order valence-corrected chi connectivity index (χ4v) is 5.61. The van der Waals surface area contributed by atoms with Gasteiger partial charge in [0.05, 0.1) is 31.5 Å². The molecule has 1 heterocycles. The number of methoxy groups -OCH3 is 1. The van der Waals surface area contributed by atoms with Crippen LogP contribution >= 0.6 is 34.2 Å². The number of aliphatic hydroxyl groups is 2. The summed E-state index contributed by atoms with van der Waals surface area (Å²) in [4.78, 5) is 11.3. The van der Waals surface area contributed by atoms with Crippen LogP contribution < -0.4 is 0 Å². The average Bonchev–Trinajstić information content (AvgIpc) is 3.23. The predicted octanol–water partition coefficient (Wildman–Crippen LogP) is 4.25. The van der Waals surface area contributed by atoms with Crippen molar-refractivity contribution in [2.45, 2.75) is 86.6 Å². The number of rotatable bonds is 12. The Bertz CT molecular complexity index is 531. The largest absolute Gasteiger partial charge is 0.469 e. The third-order valence-corrected chi connectivity index (χ3v) is 8.08. The van der Waals surface area contributed by atoms with Gasteiger partial charge in [-0.15, -0.1) is 11.6 Å². The van der Waals surface area contributed by atoms with Gasteiger partial charge in [0.2, 0.25) is 0 Å². The van der Waals surface area contributed by atoms with Crippen LogP contribution in [0.25, 0.3) is 0 Å². The van der Waals surface area contributed by atoms with Gasteiger partial charge in [-0.05, 0) is 43.9 Å². The summed E-state index contributed by atoms with van der Waals surface area (Å²) in [6, 6.07) is 0. The molecule has 0 aromatic rings. The molecule has 0 aromatic heterocycles. The van der Waals surface area contributed by atoms with Crippen molar-refractivity contribution < 1.29 is 24.5 Å². The Morgan fingerprint density at radius 3 is 2.76 bits per heavy atom. The van der Waals surface area contributed by atoms with E-state index in [2.05, 4.69) is 29.5 Å². The molecule has 1 aliphatic heterocycles. The fourth-order valence-electron chi connectivity index (χ4n) is 4.51. The van der Waals surface area contributed by atoms with E-state index in [0.29, 0.717) is 28.6 Å². The summed E-state index contributed by atoms with van der Waals surface area (Å²) in [5, 5.41) is 20.9. The van der Waals surface area contributed by atoms with Crippen LogP contribution in [0.4, 0.5) is 0 Å². The molecule has 0 radical (unpaired) electrons. The number of fused-ring (bicyclic) bond motifs is 1. The van der Waals surface area contributed by atoms with E-state index in [1.54, 1.807) is 0 Å². The summed E-state index contributed by atoms with van der Waals surface area (Å²) in [7, 11) is 1.42. The molecule has 2 rings (SSSR count). The van der Waals surface area contributed by atoms with Crippen LogP contribution in [-0.2, 0) is 14.3 Å². The van der Waals surface area contributed by atoms with E-state index in [9.17, 15) is 15.0 Å². The zero-order valence-electron chi connectivity index (χ0n) is 17.5. The number of halogens is 2. The molecule has 8 atom stereocenters. The van der Waals surface area contributed by atoms with Crippen molar-refractivity contribution in [3.8, 4) is 0 Å². The van der Waals surface area contributed by atoms with Gasteiger partial charge in [0.25, 0.3) is 0 Å². The molecular formula is C22H36ClIO5. The first-order chi connectivity index (χ1) is 13.9. The molecule has 1 aliphatic carbocycles. The van der Waals surface area contributed by atoms with Crippen LogP contribution in [0, 0.1) is 17.8 Å². The second-order valence-electron chi connectivity index (χ2n) is 8.51. The normalized spacial score (nSPS) is 32.3. The van der Waals surface area contributed by atoms with Crippen LogP contribution in [0.2, 0.25) is 0 Å². The van der Waals surface area contributed by atoms with Gasteiger partial charge in [0.15, 0.2) is 0 Å². The SMILES string of the molecule is COC(=O)CCCC(I)C1C[C@@H]2[C@@H](/C=C/[C@@H](O)C(C)CCCCCl)[C@H](O)C[C@H]2O1. The number of carbonyl (C=O) groups is 1. The number of unbranched alkanes of at least 4 members (excludes halogenated alkanes) is 1. The lowest BCUT2D eigenvalue weighted by molar-refractivity contribution is -0.140. The zero-order chi connectivity index (χ0) is 21.4. The lowest BCUT2D eigenvalue weighted by atomic mass is 9.88. The summed E-state index contributed by atoms with van der Waals surface area (Å²) in [6.07, 6.45) is 9.91. The van der Waals surface area contributed by atoms with Crippen LogP contribution in [0.3, 0.4) is 0 Å². The third-order valence-electron chi connectivity index (χ3n) is 6.39. The molecular weight excluding hydrogens is 507 g/mol. The molecule has 1 saturated heterocycles. The summed E-state index contributed by atoms with van der Waals surface area (Å²) in [6.45, 7) is 2.06. The molecule has 0 spiro atoms.